The Hall–Kier alpha value is -1.39. The first-order valence-corrected chi connectivity index (χ1v) is 7.60. The highest BCUT2D eigenvalue weighted by Crippen LogP contribution is 2.21. The molecule has 1 heterocycles. The third-order valence-electron chi connectivity index (χ3n) is 3.24. The van der Waals surface area contributed by atoms with Crippen LogP contribution in [0.15, 0.2) is 29.6 Å². The van der Waals surface area contributed by atoms with Crippen LogP contribution in [-0.2, 0) is 0 Å². The highest BCUT2D eigenvalue weighted by Gasteiger charge is 2.12. The predicted molar refractivity (Wildman–Crippen MR) is 81.7 cm³/mol. The first kappa shape index (κ1) is 14.0. The monoisotopic (exact) mass is 276 g/mol. The quantitative estimate of drug-likeness (QED) is 0.851. The van der Waals surface area contributed by atoms with Crippen LogP contribution in [0.1, 0.15) is 36.5 Å². The number of hydrogen-bond donors (Lipinski definition) is 2. The van der Waals surface area contributed by atoms with E-state index in [-0.39, 0.29) is 11.9 Å². The van der Waals surface area contributed by atoms with Gasteiger partial charge in [0.2, 0.25) is 0 Å². The lowest BCUT2D eigenvalue weighted by Crippen LogP contribution is -2.40. The van der Waals surface area contributed by atoms with Crippen molar-refractivity contribution >= 4 is 27.3 Å². The fourth-order valence-electron chi connectivity index (χ4n) is 2.08. The Bertz CT molecular complexity index is 550. The molecule has 0 spiro atoms. The number of hydrogen-bond acceptors (Lipinski definition) is 3. The lowest BCUT2D eigenvalue weighted by Gasteiger charge is -2.16. The SMILES string of the molecule is CCCCC(CN)NC(=O)c1ccc2sccc2c1. The van der Waals surface area contributed by atoms with Gasteiger partial charge in [0.25, 0.3) is 5.91 Å². The molecule has 102 valence electrons. The molecule has 3 N–H and O–H groups in total. The molecule has 2 aromatic rings. The van der Waals surface area contributed by atoms with Crippen LogP contribution in [0.25, 0.3) is 10.1 Å². The molecule has 1 aromatic carbocycles. The Morgan fingerprint density at radius 1 is 1.42 bits per heavy atom. The van der Waals surface area contributed by atoms with Crippen LogP contribution in [0.5, 0.6) is 0 Å². The molecule has 1 atom stereocenters. The average Bonchev–Trinajstić information content (AvgIpc) is 2.90. The fourth-order valence-corrected chi connectivity index (χ4v) is 2.85. The normalized spacial score (nSPS) is 12.5. The van der Waals surface area contributed by atoms with Crippen molar-refractivity contribution in [2.24, 2.45) is 5.73 Å². The van der Waals surface area contributed by atoms with E-state index in [0.29, 0.717) is 12.1 Å². The van der Waals surface area contributed by atoms with E-state index in [0.717, 1.165) is 24.6 Å². The second-order valence-corrected chi connectivity index (χ2v) is 5.67. The van der Waals surface area contributed by atoms with Gasteiger partial charge in [-0.25, -0.2) is 0 Å². The van der Waals surface area contributed by atoms with Gasteiger partial charge in [0.15, 0.2) is 0 Å². The van der Waals surface area contributed by atoms with Gasteiger partial charge >= 0.3 is 0 Å². The van der Waals surface area contributed by atoms with Crippen LogP contribution in [-0.4, -0.2) is 18.5 Å². The number of carbonyl (C=O) groups excluding carboxylic acids is 1. The molecule has 3 nitrogen and oxygen atoms in total. The predicted octanol–water partition coefficient (Wildman–Crippen LogP) is 3.15. The lowest BCUT2D eigenvalue weighted by atomic mass is 10.1. The summed E-state index contributed by atoms with van der Waals surface area (Å²) in [4.78, 5) is 12.2. The van der Waals surface area contributed by atoms with Crippen molar-refractivity contribution in [3.05, 3.63) is 35.2 Å². The van der Waals surface area contributed by atoms with Crippen molar-refractivity contribution in [3.63, 3.8) is 0 Å². The van der Waals surface area contributed by atoms with Gasteiger partial charge in [0, 0.05) is 22.8 Å². The zero-order chi connectivity index (χ0) is 13.7. The standard InChI is InChI=1S/C15H20N2OS/c1-2-3-4-13(10-16)17-15(18)12-5-6-14-11(9-12)7-8-19-14/h5-9,13H,2-4,10,16H2,1H3,(H,17,18). The number of rotatable bonds is 6. The molecule has 2 rings (SSSR count). The highest BCUT2D eigenvalue weighted by molar-refractivity contribution is 7.17. The molecule has 0 bridgehead atoms. The van der Waals surface area contributed by atoms with E-state index in [1.54, 1.807) is 11.3 Å². The fraction of sp³-hybridized carbons (Fsp3) is 0.400. The van der Waals surface area contributed by atoms with Crippen molar-refractivity contribution in [1.82, 2.24) is 5.32 Å². The summed E-state index contributed by atoms with van der Waals surface area (Å²) < 4.78 is 1.21. The maximum absolute atomic E-state index is 12.2. The summed E-state index contributed by atoms with van der Waals surface area (Å²) in [6.07, 6.45) is 3.15. The first-order chi connectivity index (χ1) is 9.24. The van der Waals surface area contributed by atoms with Crippen molar-refractivity contribution in [1.29, 1.82) is 0 Å². The van der Waals surface area contributed by atoms with E-state index in [9.17, 15) is 4.79 Å². The minimum Gasteiger partial charge on any atom is -0.348 e. The summed E-state index contributed by atoms with van der Waals surface area (Å²) in [6.45, 7) is 2.63. The molecule has 0 aliphatic heterocycles. The summed E-state index contributed by atoms with van der Waals surface area (Å²) in [6, 6.07) is 7.92. The maximum atomic E-state index is 12.2. The van der Waals surface area contributed by atoms with Crippen LogP contribution in [0.2, 0.25) is 0 Å². The van der Waals surface area contributed by atoms with Crippen LogP contribution >= 0.6 is 11.3 Å². The molecule has 19 heavy (non-hydrogen) atoms. The molecule has 4 heteroatoms. The molecule has 0 saturated heterocycles. The second kappa shape index (κ2) is 6.68. The van der Waals surface area contributed by atoms with Crippen molar-refractivity contribution in [3.8, 4) is 0 Å². The third kappa shape index (κ3) is 3.55. The van der Waals surface area contributed by atoms with Crippen molar-refractivity contribution < 1.29 is 4.79 Å². The molecule has 0 saturated carbocycles. The number of amides is 1. The van der Waals surface area contributed by atoms with E-state index in [4.69, 9.17) is 5.73 Å². The first-order valence-electron chi connectivity index (χ1n) is 6.72. The van der Waals surface area contributed by atoms with Crippen molar-refractivity contribution in [2.75, 3.05) is 6.54 Å². The van der Waals surface area contributed by atoms with E-state index in [1.165, 1.54) is 4.70 Å². The Labute approximate surface area is 117 Å². The largest absolute Gasteiger partial charge is 0.348 e. The van der Waals surface area contributed by atoms with E-state index in [1.807, 2.05) is 29.6 Å². The molecular formula is C15H20N2OS. The molecule has 1 unspecified atom stereocenters. The van der Waals surface area contributed by atoms with Gasteiger partial charge in [-0.1, -0.05) is 19.8 Å². The summed E-state index contributed by atoms with van der Waals surface area (Å²) >= 11 is 1.69. The van der Waals surface area contributed by atoms with Crippen LogP contribution in [0.3, 0.4) is 0 Å². The second-order valence-electron chi connectivity index (χ2n) is 4.72. The van der Waals surface area contributed by atoms with Crippen LogP contribution < -0.4 is 11.1 Å². The maximum Gasteiger partial charge on any atom is 0.251 e. The number of thiophene rings is 1. The topological polar surface area (TPSA) is 55.1 Å². The number of fused-ring (bicyclic) bond motifs is 1. The number of nitrogens with two attached hydrogens (primary N) is 1. The summed E-state index contributed by atoms with van der Waals surface area (Å²) in [5.74, 6) is -0.0281. The van der Waals surface area contributed by atoms with Gasteiger partial charge in [0.1, 0.15) is 0 Å². The third-order valence-corrected chi connectivity index (χ3v) is 4.14. The molecule has 0 fully saturated rings. The summed E-state index contributed by atoms with van der Waals surface area (Å²) in [5.41, 5.74) is 6.41. The smallest absolute Gasteiger partial charge is 0.251 e. The van der Waals surface area contributed by atoms with E-state index < -0.39 is 0 Å². The molecule has 1 aromatic heterocycles. The van der Waals surface area contributed by atoms with Crippen LogP contribution in [0, 0.1) is 0 Å². The Morgan fingerprint density at radius 3 is 3.00 bits per heavy atom. The minimum atomic E-state index is -0.0281. The Morgan fingerprint density at radius 2 is 2.26 bits per heavy atom. The van der Waals surface area contributed by atoms with Crippen LogP contribution in [0.4, 0.5) is 0 Å². The zero-order valence-electron chi connectivity index (χ0n) is 11.2. The summed E-state index contributed by atoms with van der Waals surface area (Å²) in [7, 11) is 0. The van der Waals surface area contributed by atoms with E-state index >= 15 is 0 Å². The molecule has 0 aliphatic carbocycles. The zero-order valence-corrected chi connectivity index (χ0v) is 12.0. The van der Waals surface area contributed by atoms with Gasteiger partial charge in [-0.2, -0.15) is 0 Å². The van der Waals surface area contributed by atoms with Gasteiger partial charge in [0.05, 0.1) is 0 Å². The van der Waals surface area contributed by atoms with E-state index in [2.05, 4.69) is 12.2 Å². The summed E-state index contributed by atoms with van der Waals surface area (Å²) in [5, 5.41) is 6.17. The van der Waals surface area contributed by atoms with Crippen molar-refractivity contribution in [2.45, 2.75) is 32.2 Å². The van der Waals surface area contributed by atoms with Gasteiger partial charge in [-0.05, 0) is 41.5 Å². The minimum absolute atomic E-state index is 0.0281. The molecular weight excluding hydrogens is 256 g/mol. The molecule has 0 radical (unpaired) electrons. The Balaban J connectivity index is 2.05. The average molecular weight is 276 g/mol. The number of benzene rings is 1. The van der Waals surface area contributed by atoms with Gasteiger partial charge in [-0.3, -0.25) is 4.79 Å². The van der Waals surface area contributed by atoms with Gasteiger partial charge < -0.3 is 11.1 Å². The highest BCUT2D eigenvalue weighted by atomic mass is 32.1. The molecule has 0 aliphatic rings. The number of nitrogens with one attached hydrogen (secondary N) is 1. The molecule has 1 amide bonds. The number of unbranched alkanes of at least 4 members (excludes halogenated alkanes) is 1. The Kier molecular flexibility index (Phi) is 4.93. The van der Waals surface area contributed by atoms with Gasteiger partial charge in [-0.15, -0.1) is 11.3 Å². The lowest BCUT2D eigenvalue weighted by molar-refractivity contribution is 0.0936. The number of carbonyl (C=O) groups is 1.